The second kappa shape index (κ2) is 5.70. The standard InChI is InChI=1S/C15H21ClN2O/c16-12-2-1-11(10-17-13-3-4-13)15(9-12)18(7-8-19)14-5-6-14/h1-2,9,13-14,17,19H,3-8,10H2. The molecule has 0 bridgehead atoms. The lowest BCUT2D eigenvalue weighted by Gasteiger charge is -2.27. The molecule has 4 heteroatoms. The maximum atomic E-state index is 9.27. The third-order valence-corrected chi connectivity index (χ3v) is 4.08. The minimum atomic E-state index is 0.193. The van der Waals surface area contributed by atoms with E-state index in [-0.39, 0.29) is 6.61 Å². The second-order valence-corrected chi connectivity index (χ2v) is 6.01. The van der Waals surface area contributed by atoms with Crippen molar-refractivity contribution in [3.8, 4) is 0 Å². The Morgan fingerprint density at radius 1 is 1.26 bits per heavy atom. The van der Waals surface area contributed by atoms with Crippen LogP contribution < -0.4 is 10.2 Å². The van der Waals surface area contributed by atoms with E-state index >= 15 is 0 Å². The molecule has 0 saturated heterocycles. The highest BCUT2D eigenvalue weighted by molar-refractivity contribution is 6.30. The Morgan fingerprint density at radius 2 is 2.05 bits per heavy atom. The molecule has 2 aliphatic carbocycles. The Kier molecular flexibility index (Phi) is 3.96. The largest absolute Gasteiger partial charge is 0.395 e. The van der Waals surface area contributed by atoms with Gasteiger partial charge in [0.15, 0.2) is 0 Å². The average molecular weight is 281 g/mol. The summed E-state index contributed by atoms with van der Waals surface area (Å²) in [5.74, 6) is 0. The monoisotopic (exact) mass is 280 g/mol. The number of halogens is 1. The topological polar surface area (TPSA) is 35.5 Å². The van der Waals surface area contributed by atoms with Crippen molar-refractivity contribution in [2.24, 2.45) is 0 Å². The van der Waals surface area contributed by atoms with Gasteiger partial charge in [0.1, 0.15) is 0 Å². The van der Waals surface area contributed by atoms with Gasteiger partial charge in [-0.05, 0) is 43.4 Å². The summed E-state index contributed by atoms with van der Waals surface area (Å²) in [5.41, 5.74) is 2.48. The van der Waals surface area contributed by atoms with Crippen molar-refractivity contribution >= 4 is 17.3 Å². The number of rotatable bonds is 7. The van der Waals surface area contributed by atoms with Crippen LogP contribution in [-0.2, 0) is 6.54 Å². The van der Waals surface area contributed by atoms with E-state index < -0.39 is 0 Å². The zero-order valence-electron chi connectivity index (χ0n) is 11.1. The molecular formula is C15H21ClN2O. The highest BCUT2D eigenvalue weighted by Gasteiger charge is 2.30. The van der Waals surface area contributed by atoms with Crippen LogP contribution in [0.2, 0.25) is 5.02 Å². The molecule has 1 aromatic rings. The van der Waals surface area contributed by atoms with Gasteiger partial charge in [0, 0.05) is 35.9 Å². The van der Waals surface area contributed by atoms with Crippen LogP contribution in [0.5, 0.6) is 0 Å². The molecule has 0 aliphatic heterocycles. The van der Waals surface area contributed by atoms with Crippen LogP contribution in [0.4, 0.5) is 5.69 Å². The molecule has 2 saturated carbocycles. The van der Waals surface area contributed by atoms with Crippen molar-refractivity contribution in [2.75, 3.05) is 18.1 Å². The molecule has 0 atom stereocenters. The van der Waals surface area contributed by atoms with Crippen molar-refractivity contribution in [1.82, 2.24) is 5.32 Å². The number of benzene rings is 1. The molecule has 0 radical (unpaired) electrons. The fraction of sp³-hybridized carbons (Fsp3) is 0.600. The number of aliphatic hydroxyl groups excluding tert-OH is 1. The van der Waals surface area contributed by atoms with Crippen molar-refractivity contribution in [2.45, 2.75) is 44.3 Å². The van der Waals surface area contributed by atoms with Crippen molar-refractivity contribution in [1.29, 1.82) is 0 Å². The summed E-state index contributed by atoms with van der Waals surface area (Å²) in [6.07, 6.45) is 5.04. The maximum Gasteiger partial charge on any atom is 0.0606 e. The first-order valence-electron chi connectivity index (χ1n) is 7.17. The lowest BCUT2D eigenvalue weighted by Crippen LogP contribution is -2.30. The Hall–Kier alpha value is -0.770. The smallest absolute Gasteiger partial charge is 0.0606 e. The van der Waals surface area contributed by atoms with E-state index in [9.17, 15) is 5.11 Å². The van der Waals surface area contributed by atoms with Gasteiger partial charge in [-0.1, -0.05) is 17.7 Å². The summed E-state index contributed by atoms with van der Waals surface area (Å²) in [7, 11) is 0. The van der Waals surface area contributed by atoms with Crippen LogP contribution in [0.15, 0.2) is 18.2 Å². The Morgan fingerprint density at radius 3 is 2.68 bits per heavy atom. The van der Waals surface area contributed by atoms with Crippen LogP contribution in [0, 0.1) is 0 Å². The van der Waals surface area contributed by atoms with Gasteiger partial charge in [-0.3, -0.25) is 0 Å². The lowest BCUT2D eigenvalue weighted by atomic mass is 10.1. The molecule has 2 N–H and O–H groups in total. The number of hydrogen-bond donors (Lipinski definition) is 2. The van der Waals surface area contributed by atoms with Gasteiger partial charge in [0.25, 0.3) is 0 Å². The van der Waals surface area contributed by atoms with Crippen molar-refractivity contribution < 1.29 is 5.11 Å². The van der Waals surface area contributed by atoms with Gasteiger partial charge in [-0.25, -0.2) is 0 Å². The number of hydrogen-bond acceptors (Lipinski definition) is 3. The van der Waals surface area contributed by atoms with Gasteiger partial charge in [0.05, 0.1) is 6.61 Å². The first-order valence-corrected chi connectivity index (χ1v) is 7.55. The van der Waals surface area contributed by atoms with Gasteiger partial charge >= 0.3 is 0 Å². The number of nitrogens with one attached hydrogen (secondary N) is 1. The van der Waals surface area contributed by atoms with E-state index in [2.05, 4.69) is 16.3 Å². The summed E-state index contributed by atoms with van der Waals surface area (Å²) in [6.45, 7) is 1.78. The van der Waals surface area contributed by atoms with E-state index in [4.69, 9.17) is 11.6 Å². The molecule has 2 aliphatic rings. The first-order chi connectivity index (χ1) is 9.28. The highest BCUT2D eigenvalue weighted by atomic mass is 35.5. The summed E-state index contributed by atoms with van der Waals surface area (Å²) in [5, 5.41) is 13.6. The minimum absolute atomic E-state index is 0.193. The molecule has 104 valence electrons. The molecular weight excluding hydrogens is 260 g/mol. The summed E-state index contributed by atoms with van der Waals surface area (Å²) >= 11 is 6.15. The number of anilines is 1. The highest BCUT2D eigenvalue weighted by Crippen LogP contribution is 2.35. The molecule has 1 aromatic carbocycles. The van der Waals surface area contributed by atoms with Gasteiger partial charge in [-0.2, -0.15) is 0 Å². The van der Waals surface area contributed by atoms with Crippen LogP contribution in [0.25, 0.3) is 0 Å². The molecule has 19 heavy (non-hydrogen) atoms. The SMILES string of the molecule is OCCN(c1cc(Cl)ccc1CNC1CC1)C1CC1. The second-order valence-electron chi connectivity index (χ2n) is 5.58. The van der Waals surface area contributed by atoms with Gasteiger partial charge in [0.2, 0.25) is 0 Å². The van der Waals surface area contributed by atoms with Gasteiger partial charge in [-0.15, -0.1) is 0 Å². The average Bonchev–Trinajstić information content (AvgIpc) is 3.28. The molecule has 0 aromatic heterocycles. The molecule has 0 spiro atoms. The normalized spacial score (nSPS) is 18.6. The molecule has 3 rings (SSSR count). The van der Waals surface area contributed by atoms with Crippen LogP contribution in [0.1, 0.15) is 31.2 Å². The summed E-state index contributed by atoms with van der Waals surface area (Å²) < 4.78 is 0. The Bertz CT molecular complexity index is 444. The van der Waals surface area contributed by atoms with Crippen LogP contribution in [0.3, 0.4) is 0 Å². The van der Waals surface area contributed by atoms with Crippen LogP contribution >= 0.6 is 11.6 Å². The molecule has 0 amide bonds. The quantitative estimate of drug-likeness (QED) is 0.806. The third kappa shape index (κ3) is 3.41. The summed E-state index contributed by atoms with van der Waals surface area (Å²) in [4.78, 5) is 2.32. The lowest BCUT2D eigenvalue weighted by molar-refractivity contribution is 0.301. The predicted molar refractivity (Wildman–Crippen MR) is 78.8 cm³/mol. The van der Waals surface area contributed by atoms with Crippen LogP contribution in [-0.4, -0.2) is 30.3 Å². The van der Waals surface area contributed by atoms with Crippen molar-refractivity contribution in [3.05, 3.63) is 28.8 Å². The predicted octanol–water partition coefficient (Wildman–Crippen LogP) is 2.55. The zero-order valence-corrected chi connectivity index (χ0v) is 11.9. The fourth-order valence-corrected chi connectivity index (χ4v) is 2.66. The van der Waals surface area contributed by atoms with E-state index in [1.807, 2.05) is 12.1 Å². The van der Waals surface area contributed by atoms with Crippen molar-refractivity contribution in [3.63, 3.8) is 0 Å². The van der Waals surface area contributed by atoms with E-state index in [0.29, 0.717) is 18.6 Å². The zero-order chi connectivity index (χ0) is 13.2. The Balaban J connectivity index is 1.80. The molecule has 0 heterocycles. The Labute approximate surface area is 119 Å². The maximum absolute atomic E-state index is 9.27. The molecule has 0 unspecified atom stereocenters. The fourth-order valence-electron chi connectivity index (χ4n) is 2.49. The summed E-state index contributed by atoms with van der Waals surface area (Å²) in [6, 6.07) is 7.40. The molecule has 2 fully saturated rings. The van der Waals surface area contributed by atoms with E-state index in [1.165, 1.54) is 36.9 Å². The number of nitrogens with zero attached hydrogens (tertiary/aromatic N) is 1. The van der Waals surface area contributed by atoms with E-state index in [1.54, 1.807) is 0 Å². The number of aliphatic hydroxyl groups is 1. The minimum Gasteiger partial charge on any atom is -0.395 e. The third-order valence-electron chi connectivity index (χ3n) is 3.84. The first kappa shape index (κ1) is 13.2. The van der Waals surface area contributed by atoms with Gasteiger partial charge < -0.3 is 15.3 Å². The molecule has 3 nitrogen and oxygen atoms in total. The van der Waals surface area contributed by atoms with E-state index in [0.717, 1.165) is 11.6 Å².